The van der Waals surface area contributed by atoms with Crippen molar-refractivity contribution in [1.82, 2.24) is 0 Å². The SMILES string of the molecule is C1CCC2=C(C1)CC1=C(CCC1)S2. The van der Waals surface area contributed by atoms with Crippen LogP contribution < -0.4 is 0 Å². The molecule has 0 aromatic heterocycles. The molecule has 1 heteroatoms. The van der Waals surface area contributed by atoms with Crippen molar-refractivity contribution in [3.05, 3.63) is 21.0 Å². The molecule has 0 spiro atoms. The molecule has 0 radical (unpaired) electrons. The van der Waals surface area contributed by atoms with E-state index in [1.54, 1.807) is 21.0 Å². The van der Waals surface area contributed by atoms with Gasteiger partial charge in [0.1, 0.15) is 0 Å². The summed E-state index contributed by atoms with van der Waals surface area (Å²) in [6.45, 7) is 0. The van der Waals surface area contributed by atoms with Crippen LogP contribution >= 0.6 is 11.8 Å². The molecule has 0 saturated carbocycles. The van der Waals surface area contributed by atoms with Crippen molar-refractivity contribution in [3.63, 3.8) is 0 Å². The Morgan fingerprint density at radius 3 is 2.15 bits per heavy atom. The highest BCUT2D eigenvalue weighted by molar-refractivity contribution is 8.06. The fourth-order valence-electron chi connectivity index (χ4n) is 2.75. The first-order valence-electron chi connectivity index (χ1n) is 5.53. The van der Waals surface area contributed by atoms with Crippen LogP contribution in [0.15, 0.2) is 21.0 Å². The predicted octanol–water partition coefficient (Wildman–Crippen LogP) is 4.39. The second kappa shape index (κ2) is 3.20. The zero-order chi connectivity index (χ0) is 8.67. The lowest BCUT2D eigenvalue weighted by Crippen LogP contribution is -2.03. The summed E-state index contributed by atoms with van der Waals surface area (Å²) in [5.41, 5.74) is 3.60. The van der Waals surface area contributed by atoms with Gasteiger partial charge in [-0.2, -0.15) is 0 Å². The third-order valence-corrected chi connectivity index (χ3v) is 4.96. The largest absolute Gasteiger partial charge is 0.0991 e. The lowest BCUT2D eigenvalue weighted by Gasteiger charge is -2.25. The molecule has 0 amide bonds. The molecule has 3 rings (SSSR count). The van der Waals surface area contributed by atoms with E-state index in [0.29, 0.717) is 0 Å². The van der Waals surface area contributed by atoms with Gasteiger partial charge in [-0.15, -0.1) is 0 Å². The Bertz CT molecular complexity index is 268. The van der Waals surface area contributed by atoms with Gasteiger partial charge in [0.25, 0.3) is 0 Å². The maximum Gasteiger partial charge on any atom is -0.00864 e. The summed E-state index contributed by atoms with van der Waals surface area (Å²) < 4.78 is 0. The molecule has 0 nitrogen and oxygen atoms in total. The zero-order valence-electron chi connectivity index (χ0n) is 8.07. The molecule has 0 bridgehead atoms. The van der Waals surface area contributed by atoms with Gasteiger partial charge >= 0.3 is 0 Å². The minimum atomic E-state index is 1.36. The van der Waals surface area contributed by atoms with Gasteiger partial charge in [-0.3, -0.25) is 0 Å². The Morgan fingerprint density at radius 2 is 1.31 bits per heavy atom. The van der Waals surface area contributed by atoms with Gasteiger partial charge in [0.2, 0.25) is 0 Å². The summed E-state index contributed by atoms with van der Waals surface area (Å²) in [6.07, 6.45) is 11.2. The van der Waals surface area contributed by atoms with Gasteiger partial charge in [0, 0.05) is 0 Å². The standard InChI is InChI=1S/C12H16S/c1-2-6-11-9(4-1)8-10-5-3-7-12(10)13-11/h1-8H2. The summed E-state index contributed by atoms with van der Waals surface area (Å²) >= 11 is 2.15. The smallest absolute Gasteiger partial charge is 0.00864 e. The highest BCUT2D eigenvalue weighted by Gasteiger charge is 2.25. The van der Waals surface area contributed by atoms with Gasteiger partial charge in [-0.25, -0.2) is 0 Å². The van der Waals surface area contributed by atoms with Crippen molar-refractivity contribution in [2.75, 3.05) is 0 Å². The minimum Gasteiger partial charge on any atom is -0.0991 e. The number of thioether (sulfide) groups is 1. The molecular formula is C12H16S. The van der Waals surface area contributed by atoms with Crippen LogP contribution in [0.2, 0.25) is 0 Å². The fourth-order valence-corrected chi connectivity index (χ4v) is 4.17. The molecule has 0 fully saturated rings. The minimum absolute atomic E-state index is 1.36. The molecule has 0 aromatic carbocycles. The van der Waals surface area contributed by atoms with Crippen molar-refractivity contribution in [2.24, 2.45) is 0 Å². The molecule has 2 aliphatic carbocycles. The van der Waals surface area contributed by atoms with E-state index in [1.165, 1.54) is 51.4 Å². The maximum atomic E-state index is 2.15. The van der Waals surface area contributed by atoms with Crippen LogP contribution in [0.3, 0.4) is 0 Å². The van der Waals surface area contributed by atoms with Crippen LogP contribution in [0.25, 0.3) is 0 Å². The summed E-state index contributed by atoms with van der Waals surface area (Å²) in [6, 6.07) is 0. The Labute approximate surface area is 84.5 Å². The zero-order valence-corrected chi connectivity index (χ0v) is 8.88. The van der Waals surface area contributed by atoms with Gasteiger partial charge < -0.3 is 0 Å². The quantitative estimate of drug-likeness (QED) is 0.548. The normalized spacial score (nSPS) is 27.7. The summed E-state index contributed by atoms with van der Waals surface area (Å²) in [4.78, 5) is 3.51. The second-order valence-corrected chi connectivity index (χ2v) is 5.58. The van der Waals surface area contributed by atoms with E-state index >= 15 is 0 Å². The molecule has 0 aromatic rings. The molecule has 0 atom stereocenters. The average molecular weight is 192 g/mol. The molecule has 1 aliphatic heterocycles. The van der Waals surface area contributed by atoms with Crippen LogP contribution in [0.4, 0.5) is 0 Å². The molecule has 0 saturated heterocycles. The molecule has 1 heterocycles. The number of hydrogen-bond acceptors (Lipinski definition) is 1. The average Bonchev–Trinajstić information content (AvgIpc) is 2.61. The monoisotopic (exact) mass is 192 g/mol. The molecule has 3 aliphatic rings. The summed E-state index contributed by atoms with van der Waals surface area (Å²) in [5.74, 6) is 0. The van der Waals surface area contributed by atoms with Crippen molar-refractivity contribution < 1.29 is 0 Å². The van der Waals surface area contributed by atoms with Crippen LogP contribution in [-0.4, -0.2) is 0 Å². The van der Waals surface area contributed by atoms with E-state index in [-0.39, 0.29) is 0 Å². The van der Waals surface area contributed by atoms with Gasteiger partial charge in [0.05, 0.1) is 0 Å². The molecule has 0 unspecified atom stereocenters. The van der Waals surface area contributed by atoms with Crippen LogP contribution in [0.5, 0.6) is 0 Å². The highest BCUT2D eigenvalue weighted by Crippen LogP contribution is 2.50. The van der Waals surface area contributed by atoms with Crippen molar-refractivity contribution >= 4 is 11.8 Å². The lowest BCUT2D eigenvalue weighted by molar-refractivity contribution is 0.676. The van der Waals surface area contributed by atoms with Gasteiger partial charge in [0.15, 0.2) is 0 Å². The number of hydrogen-bond donors (Lipinski definition) is 0. The highest BCUT2D eigenvalue weighted by atomic mass is 32.2. The van der Waals surface area contributed by atoms with Crippen molar-refractivity contribution in [2.45, 2.75) is 51.4 Å². The Kier molecular flexibility index (Phi) is 2.01. The molecule has 70 valence electrons. The Hall–Kier alpha value is -0.170. The topological polar surface area (TPSA) is 0 Å². The Balaban J connectivity index is 1.87. The fraction of sp³-hybridized carbons (Fsp3) is 0.667. The van der Waals surface area contributed by atoms with E-state index in [9.17, 15) is 0 Å². The van der Waals surface area contributed by atoms with Crippen LogP contribution in [-0.2, 0) is 0 Å². The summed E-state index contributed by atoms with van der Waals surface area (Å²) in [5, 5.41) is 0. The molecule has 0 N–H and O–H groups in total. The van der Waals surface area contributed by atoms with Crippen molar-refractivity contribution in [3.8, 4) is 0 Å². The van der Waals surface area contributed by atoms with E-state index in [0.717, 1.165) is 0 Å². The van der Waals surface area contributed by atoms with Crippen LogP contribution in [0, 0.1) is 0 Å². The first-order chi connectivity index (χ1) is 6.43. The van der Waals surface area contributed by atoms with Gasteiger partial charge in [-0.1, -0.05) is 22.9 Å². The lowest BCUT2D eigenvalue weighted by atomic mass is 9.93. The van der Waals surface area contributed by atoms with Crippen molar-refractivity contribution in [1.29, 1.82) is 0 Å². The first-order valence-corrected chi connectivity index (χ1v) is 6.35. The van der Waals surface area contributed by atoms with E-state index < -0.39 is 0 Å². The number of allylic oxidation sites excluding steroid dienone is 4. The molecular weight excluding hydrogens is 176 g/mol. The van der Waals surface area contributed by atoms with E-state index in [2.05, 4.69) is 11.8 Å². The third kappa shape index (κ3) is 1.38. The van der Waals surface area contributed by atoms with E-state index in [1.807, 2.05) is 0 Å². The predicted molar refractivity (Wildman–Crippen MR) is 58.6 cm³/mol. The van der Waals surface area contributed by atoms with Gasteiger partial charge in [-0.05, 0) is 61.2 Å². The van der Waals surface area contributed by atoms with Crippen LogP contribution in [0.1, 0.15) is 51.4 Å². The first kappa shape index (κ1) is 8.16. The molecule has 13 heavy (non-hydrogen) atoms. The Morgan fingerprint density at radius 1 is 0.692 bits per heavy atom. The third-order valence-electron chi connectivity index (χ3n) is 3.48. The maximum absolute atomic E-state index is 2.15. The van der Waals surface area contributed by atoms with E-state index in [4.69, 9.17) is 0 Å². The summed E-state index contributed by atoms with van der Waals surface area (Å²) in [7, 11) is 0. The second-order valence-electron chi connectivity index (χ2n) is 4.39. The number of rotatable bonds is 0.